The Labute approximate surface area is 156 Å². The van der Waals surface area contributed by atoms with Gasteiger partial charge in [0.2, 0.25) is 0 Å². The van der Waals surface area contributed by atoms with Crippen LogP contribution in [0.5, 0.6) is 0 Å². The zero-order chi connectivity index (χ0) is 20.1. The van der Waals surface area contributed by atoms with E-state index in [1.807, 2.05) is 0 Å². The van der Waals surface area contributed by atoms with Gasteiger partial charge >= 0.3 is 23.8 Å². The van der Waals surface area contributed by atoms with Crippen molar-refractivity contribution in [3.63, 3.8) is 0 Å². The van der Waals surface area contributed by atoms with Crippen LogP contribution in [0.3, 0.4) is 0 Å². The van der Waals surface area contributed by atoms with Crippen LogP contribution in [0.2, 0.25) is 0 Å². The summed E-state index contributed by atoms with van der Waals surface area (Å²) in [6.07, 6.45) is 2.63. The summed E-state index contributed by atoms with van der Waals surface area (Å²) in [6, 6.07) is 0. The molecule has 0 radical (unpaired) electrons. The van der Waals surface area contributed by atoms with Crippen molar-refractivity contribution >= 4 is 11.9 Å². The predicted octanol–water partition coefficient (Wildman–Crippen LogP) is 4.36. The molecule has 0 aromatic rings. The van der Waals surface area contributed by atoms with Crippen molar-refractivity contribution < 1.29 is 36.6 Å². The minimum atomic E-state index is -4.13. The van der Waals surface area contributed by atoms with Crippen LogP contribution in [0.15, 0.2) is 0 Å². The molecule has 0 heterocycles. The van der Waals surface area contributed by atoms with Gasteiger partial charge in [-0.2, -0.15) is 8.78 Å². The highest BCUT2D eigenvalue weighted by atomic mass is 19.3. The molecule has 0 aliphatic heterocycles. The maximum absolute atomic E-state index is 13.3. The lowest BCUT2D eigenvalue weighted by molar-refractivity contribution is -0.204. The number of esters is 2. The van der Waals surface area contributed by atoms with E-state index in [4.69, 9.17) is 9.47 Å². The Morgan fingerprint density at radius 2 is 1.52 bits per heavy atom. The number of methoxy groups -OCH3 is 1. The van der Waals surface area contributed by atoms with Crippen molar-refractivity contribution in [3.05, 3.63) is 0 Å². The number of carbonyl (C=O) groups is 2. The van der Waals surface area contributed by atoms with E-state index in [-0.39, 0.29) is 37.8 Å². The molecule has 2 atom stereocenters. The lowest BCUT2D eigenvalue weighted by Gasteiger charge is -2.59. The Morgan fingerprint density at radius 3 is 2.00 bits per heavy atom. The summed E-state index contributed by atoms with van der Waals surface area (Å²) in [5.74, 6) is -8.52. The first-order chi connectivity index (χ1) is 12.4. The SMILES string of the molecule is COC(=O)C12CC3CC(C1)CC(C(=O)OCCCC(F)(F)C(C)(F)F)(C3)C2. The fraction of sp³-hybridized carbons (Fsp3) is 0.895. The van der Waals surface area contributed by atoms with E-state index in [1.54, 1.807) is 0 Å². The number of alkyl halides is 4. The van der Waals surface area contributed by atoms with Crippen molar-refractivity contribution in [2.24, 2.45) is 22.7 Å². The molecule has 8 heteroatoms. The second-order valence-corrected chi connectivity index (χ2v) is 8.85. The highest BCUT2D eigenvalue weighted by Crippen LogP contribution is 2.65. The molecule has 4 rings (SSSR count). The molecular formula is C19H26F4O4. The molecule has 0 saturated heterocycles. The van der Waals surface area contributed by atoms with Gasteiger partial charge in [-0.25, -0.2) is 8.78 Å². The van der Waals surface area contributed by atoms with Crippen LogP contribution in [0.4, 0.5) is 17.6 Å². The number of hydrogen-bond acceptors (Lipinski definition) is 4. The highest BCUT2D eigenvalue weighted by molar-refractivity contribution is 5.83. The summed E-state index contributed by atoms with van der Waals surface area (Å²) in [7, 11) is 1.34. The van der Waals surface area contributed by atoms with Gasteiger partial charge in [0.1, 0.15) is 0 Å². The van der Waals surface area contributed by atoms with Crippen molar-refractivity contribution in [3.8, 4) is 0 Å². The normalized spacial score (nSPS) is 35.2. The first-order valence-corrected chi connectivity index (χ1v) is 9.44. The van der Waals surface area contributed by atoms with Gasteiger partial charge in [0.15, 0.2) is 0 Å². The first kappa shape index (κ1) is 20.4. The van der Waals surface area contributed by atoms with Crippen LogP contribution >= 0.6 is 0 Å². The first-order valence-electron chi connectivity index (χ1n) is 9.44. The molecule has 0 aromatic heterocycles. The largest absolute Gasteiger partial charge is 0.469 e. The molecule has 4 bridgehead atoms. The lowest BCUT2D eigenvalue weighted by atomic mass is 9.44. The monoisotopic (exact) mass is 394 g/mol. The molecule has 4 nitrogen and oxygen atoms in total. The van der Waals surface area contributed by atoms with Gasteiger partial charge in [0.25, 0.3) is 0 Å². The molecular weight excluding hydrogens is 368 g/mol. The summed E-state index contributed by atoms with van der Waals surface area (Å²) < 4.78 is 62.5. The van der Waals surface area contributed by atoms with Gasteiger partial charge in [0, 0.05) is 13.3 Å². The van der Waals surface area contributed by atoms with Crippen molar-refractivity contribution in [2.45, 2.75) is 70.1 Å². The van der Waals surface area contributed by atoms with Crippen molar-refractivity contribution in [2.75, 3.05) is 13.7 Å². The number of rotatable bonds is 7. The van der Waals surface area contributed by atoms with Gasteiger partial charge in [0.05, 0.1) is 24.5 Å². The third-order valence-corrected chi connectivity index (χ3v) is 6.62. The quantitative estimate of drug-likeness (QED) is 0.366. The summed E-state index contributed by atoms with van der Waals surface area (Å²) in [5.41, 5.74) is -1.44. The maximum Gasteiger partial charge on any atom is 0.312 e. The summed E-state index contributed by atoms with van der Waals surface area (Å²) in [4.78, 5) is 25.1. The van der Waals surface area contributed by atoms with E-state index in [1.165, 1.54) is 7.11 Å². The van der Waals surface area contributed by atoms with Crippen LogP contribution in [0.25, 0.3) is 0 Å². The van der Waals surface area contributed by atoms with Gasteiger partial charge in [-0.05, 0) is 56.8 Å². The Kier molecular flexibility index (Phi) is 5.00. The molecule has 0 spiro atoms. The summed E-state index contributed by atoms with van der Waals surface area (Å²) in [6.45, 7) is -0.145. The molecule has 0 amide bonds. The molecule has 4 fully saturated rings. The van der Waals surface area contributed by atoms with Gasteiger partial charge < -0.3 is 9.47 Å². The zero-order valence-electron chi connectivity index (χ0n) is 15.7. The van der Waals surface area contributed by atoms with Gasteiger partial charge in [-0.3, -0.25) is 9.59 Å². The number of hydrogen-bond donors (Lipinski definition) is 0. The molecule has 4 saturated carbocycles. The Morgan fingerprint density at radius 1 is 1.00 bits per heavy atom. The Balaban J connectivity index is 1.61. The average Bonchev–Trinajstić information content (AvgIpc) is 2.55. The number of ether oxygens (including phenoxy) is 2. The second-order valence-electron chi connectivity index (χ2n) is 8.85. The Hall–Kier alpha value is -1.34. The smallest absolute Gasteiger partial charge is 0.312 e. The van der Waals surface area contributed by atoms with Crippen molar-refractivity contribution in [1.82, 2.24) is 0 Å². The van der Waals surface area contributed by atoms with E-state index in [2.05, 4.69) is 0 Å². The van der Waals surface area contributed by atoms with Gasteiger partial charge in [-0.1, -0.05) is 0 Å². The molecule has 0 N–H and O–H groups in total. The van der Waals surface area contributed by atoms with E-state index in [0.29, 0.717) is 32.1 Å². The third kappa shape index (κ3) is 3.56. The average molecular weight is 394 g/mol. The third-order valence-electron chi connectivity index (χ3n) is 6.62. The van der Waals surface area contributed by atoms with Crippen LogP contribution in [0, 0.1) is 22.7 Å². The minimum Gasteiger partial charge on any atom is -0.469 e. The molecule has 2 unspecified atom stereocenters. The molecule has 154 valence electrons. The summed E-state index contributed by atoms with van der Waals surface area (Å²) in [5, 5.41) is 0. The van der Waals surface area contributed by atoms with Crippen LogP contribution in [-0.4, -0.2) is 37.5 Å². The minimum absolute atomic E-state index is 0.181. The molecule has 27 heavy (non-hydrogen) atoms. The lowest BCUT2D eigenvalue weighted by Crippen LogP contribution is -2.58. The molecule has 0 aromatic carbocycles. The predicted molar refractivity (Wildman–Crippen MR) is 87.3 cm³/mol. The van der Waals surface area contributed by atoms with Gasteiger partial charge in [-0.15, -0.1) is 0 Å². The van der Waals surface area contributed by atoms with Crippen LogP contribution in [-0.2, 0) is 19.1 Å². The standard InChI is InChI=1S/C19H26F4O4/c1-16(20,21)19(22,23)4-3-5-27-15(25)18-9-12-6-13(10-18)8-17(7-12,11-18)14(24)26-2/h12-13H,3-11H2,1-2H3. The van der Waals surface area contributed by atoms with E-state index in [9.17, 15) is 27.2 Å². The van der Waals surface area contributed by atoms with Crippen LogP contribution < -0.4 is 0 Å². The summed E-state index contributed by atoms with van der Waals surface area (Å²) >= 11 is 0. The molecule has 4 aliphatic carbocycles. The Bertz CT molecular complexity index is 599. The maximum atomic E-state index is 13.3. The van der Waals surface area contributed by atoms with E-state index in [0.717, 1.165) is 6.42 Å². The fourth-order valence-corrected chi connectivity index (χ4v) is 5.79. The number of carbonyl (C=O) groups excluding carboxylic acids is 2. The van der Waals surface area contributed by atoms with E-state index >= 15 is 0 Å². The van der Waals surface area contributed by atoms with Crippen LogP contribution in [0.1, 0.15) is 58.3 Å². The topological polar surface area (TPSA) is 52.6 Å². The highest BCUT2D eigenvalue weighted by Gasteiger charge is 2.64. The van der Waals surface area contributed by atoms with Crippen molar-refractivity contribution in [1.29, 1.82) is 0 Å². The fourth-order valence-electron chi connectivity index (χ4n) is 5.79. The second kappa shape index (κ2) is 6.62. The number of halogens is 4. The zero-order valence-corrected chi connectivity index (χ0v) is 15.7. The van der Waals surface area contributed by atoms with E-state index < -0.39 is 35.1 Å². The molecule has 4 aliphatic rings.